The van der Waals surface area contributed by atoms with Gasteiger partial charge in [-0.1, -0.05) is 13.8 Å². The Kier molecular flexibility index (Phi) is 5.12. The first-order valence-corrected chi connectivity index (χ1v) is 5.47. The molecule has 0 fully saturated rings. The minimum Gasteiger partial charge on any atom is -0.492 e. The van der Waals surface area contributed by atoms with Crippen molar-refractivity contribution >= 4 is 0 Å². The number of aryl methyl sites for hydroxylation is 1. The zero-order chi connectivity index (χ0) is 11.1. The molecule has 1 heterocycles. The molecular formula is C12H20N2O. The van der Waals surface area contributed by atoms with Gasteiger partial charge in [0.15, 0.2) is 0 Å². The van der Waals surface area contributed by atoms with Gasteiger partial charge in [-0.25, -0.2) is 0 Å². The van der Waals surface area contributed by atoms with E-state index in [1.807, 2.05) is 19.1 Å². The van der Waals surface area contributed by atoms with Crippen LogP contribution in [0, 0.1) is 6.92 Å². The summed E-state index contributed by atoms with van der Waals surface area (Å²) >= 11 is 0. The van der Waals surface area contributed by atoms with Crippen molar-refractivity contribution in [2.45, 2.75) is 33.2 Å². The zero-order valence-electron chi connectivity index (χ0n) is 9.79. The number of nitrogens with zero attached hydrogens (tertiary/aromatic N) is 1. The highest BCUT2D eigenvalue weighted by atomic mass is 16.5. The van der Waals surface area contributed by atoms with Crippen molar-refractivity contribution in [2.75, 3.05) is 13.2 Å². The third-order valence-electron chi connectivity index (χ3n) is 2.03. The molecule has 0 aliphatic carbocycles. The predicted molar refractivity (Wildman–Crippen MR) is 62.2 cm³/mol. The summed E-state index contributed by atoms with van der Waals surface area (Å²) in [5.41, 5.74) is 1.02. The smallest absolute Gasteiger partial charge is 0.137 e. The summed E-state index contributed by atoms with van der Waals surface area (Å²) in [7, 11) is 0. The molecule has 0 saturated heterocycles. The first-order chi connectivity index (χ1) is 7.18. The van der Waals surface area contributed by atoms with Gasteiger partial charge in [-0.15, -0.1) is 0 Å². The fraction of sp³-hybridized carbons (Fsp3) is 0.583. The molecule has 1 N–H and O–H groups in total. The molecule has 15 heavy (non-hydrogen) atoms. The van der Waals surface area contributed by atoms with Crippen LogP contribution in [-0.2, 0) is 0 Å². The summed E-state index contributed by atoms with van der Waals surface area (Å²) < 4.78 is 5.54. The van der Waals surface area contributed by atoms with Crippen LogP contribution in [-0.4, -0.2) is 24.2 Å². The molecule has 0 unspecified atom stereocenters. The fourth-order valence-corrected chi connectivity index (χ4v) is 1.19. The second-order valence-corrected chi connectivity index (χ2v) is 3.95. The molecule has 1 aromatic rings. The van der Waals surface area contributed by atoms with Gasteiger partial charge in [0.25, 0.3) is 0 Å². The fourth-order valence-electron chi connectivity index (χ4n) is 1.19. The Labute approximate surface area is 91.9 Å². The van der Waals surface area contributed by atoms with Crippen molar-refractivity contribution in [1.82, 2.24) is 10.3 Å². The van der Waals surface area contributed by atoms with E-state index in [4.69, 9.17) is 4.74 Å². The molecule has 0 radical (unpaired) electrons. The summed E-state index contributed by atoms with van der Waals surface area (Å²) in [6.45, 7) is 7.99. The third-order valence-corrected chi connectivity index (χ3v) is 2.03. The van der Waals surface area contributed by atoms with Gasteiger partial charge in [-0.3, -0.25) is 4.98 Å². The van der Waals surface area contributed by atoms with Crippen LogP contribution in [0.25, 0.3) is 0 Å². The summed E-state index contributed by atoms with van der Waals surface area (Å²) in [4.78, 5) is 4.17. The molecule has 0 aliphatic heterocycles. The molecule has 0 atom stereocenters. The monoisotopic (exact) mass is 208 g/mol. The van der Waals surface area contributed by atoms with E-state index in [1.165, 1.54) is 0 Å². The van der Waals surface area contributed by atoms with Crippen LogP contribution >= 0.6 is 0 Å². The van der Waals surface area contributed by atoms with Crippen molar-refractivity contribution in [3.63, 3.8) is 0 Å². The molecular weight excluding hydrogens is 188 g/mol. The number of ether oxygens (including phenoxy) is 1. The largest absolute Gasteiger partial charge is 0.492 e. The van der Waals surface area contributed by atoms with Crippen molar-refractivity contribution in [3.05, 3.63) is 24.0 Å². The Morgan fingerprint density at radius 3 is 2.80 bits per heavy atom. The number of nitrogens with one attached hydrogen (secondary N) is 1. The zero-order valence-corrected chi connectivity index (χ0v) is 9.79. The normalized spacial score (nSPS) is 10.7. The summed E-state index contributed by atoms with van der Waals surface area (Å²) in [5, 5.41) is 3.35. The van der Waals surface area contributed by atoms with Crippen LogP contribution < -0.4 is 10.1 Å². The second-order valence-electron chi connectivity index (χ2n) is 3.95. The maximum absolute atomic E-state index is 5.54. The van der Waals surface area contributed by atoms with Gasteiger partial charge in [0.05, 0.1) is 12.8 Å². The van der Waals surface area contributed by atoms with Crippen molar-refractivity contribution < 1.29 is 4.74 Å². The predicted octanol–water partition coefficient (Wildman–Crippen LogP) is 2.16. The standard InChI is InChI=1S/C12H20N2O/c1-10(2)13-7-4-8-15-12-6-5-11(3)14-9-12/h5-6,9-10,13H,4,7-8H2,1-3H3. The average molecular weight is 208 g/mol. The number of hydrogen-bond acceptors (Lipinski definition) is 3. The second kappa shape index (κ2) is 6.40. The minimum absolute atomic E-state index is 0.547. The Bertz CT molecular complexity index is 269. The number of hydrogen-bond donors (Lipinski definition) is 1. The van der Waals surface area contributed by atoms with Crippen LogP contribution in [0.4, 0.5) is 0 Å². The van der Waals surface area contributed by atoms with Gasteiger partial charge in [0.2, 0.25) is 0 Å². The van der Waals surface area contributed by atoms with E-state index in [2.05, 4.69) is 24.1 Å². The summed E-state index contributed by atoms with van der Waals surface area (Å²) in [6, 6.07) is 4.46. The van der Waals surface area contributed by atoms with Crippen molar-refractivity contribution in [2.24, 2.45) is 0 Å². The van der Waals surface area contributed by atoms with Gasteiger partial charge in [0.1, 0.15) is 5.75 Å². The molecule has 3 heteroatoms. The highest BCUT2D eigenvalue weighted by Crippen LogP contribution is 2.08. The summed E-state index contributed by atoms with van der Waals surface area (Å²) in [5.74, 6) is 0.852. The highest BCUT2D eigenvalue weighted by Gasteiger charge is 1.95. The van der Waals surface area contributed by atoms with E-state index >= 15 is 0 Å². The lowest BCUT2D eigenvalue weighted by Crippen LogP contribution is -2.24. The third kappa shape index (κ3) is 5.37. The van der Waals surface area contributed by atoms with Crippen LogP contribution in [0.1, 0.15) is 26.0 Å². The quantitative estimate of drug-likeness (QED) is 0.727. The summed E-state index contributed by atoms with van der Waals surface area (Å²) in [6.07, 6.45) is 2.79. The Morgan fingerprint density at radius 2 is 2.20 bits per heavy atom. The molecule has 0 amide bonds. The Hall–Kier alpha value is -1.09. The lowest BCUT2D eigenvalue weighted by Gasteiger charge is -2.08. The van der Waals surface area contributed by atoms with Gasteiger partial charge >= 0.3 is 0 Å². The maximum Gasteiger partial charge on any atom is 0.137 e. The van der Waals surface area contributed by atoms with Gasteiger partial charge in [-0.05, 0) is 32.0 Å². The van der Waals surface area contributed by atoms with E-state index < -0.39 is 0 Å². The lowest BCUT2D eigenvalue weighted by molar-refractivity contribution is 0.305. The van der Waals surface area contributed by atoms with E-state index in [0.717, 1.165) is 31.0 Å². The number of pyridine rings is 1. The average Bonchev–Trinajstić information content (AvgIpc) is 2.20. The van der Waals surface area contributed by atoms with E-state index in [9.17, 15) is 0 Å². The van der Waals surface area contributed by atoms with Crippen LogP contribution in [0.2, 0.25) is 0 Å². The molecule has 3 nitrogen and oxygen atoms in total. The molecule has 0 bridgehead atoms. The molecule has 84 valence electrons. The molecule has 0 spiro atoms. The van der Waals surface area contributed by atoms with Gasteiger partial charge < -0.3 is 10.1 Å². The number of aromatic nitrogens is 1. The van der Waals surface area contributed by atoms with Crippen molar-refractivity contribution in [3.8, 4) is 5.75 Å². The van der Waals surface area contributed by atoms with Crippen LogP contribution in [0.5, 0.6) is 5.75 Å². The molecule has 0 aromatic carbocycles. The number of rotatable bonds is 6. The SMILES string of the molecule is Cc1ccc(OCCCNC(C)C)cn1. The first kappa shape index (κ1) is 12.0. The highest BCUT2D eigenvalue weighted by molar-refractivity contribution is 5.18. The minimum atomic E-state index is 0.547. The van der Waals surface area contributed by atoms with E-state index in [-0.39, 0.29) is 0 Å². The van der Waals surface area contributed by atoms with E-state index in [1.54, 1.807) is 6.20 Å². The Balaban J connectivity index is 2.12. The molecule has 0 aliphatic rings. The topological polar surface area (TPSA) is 34.1 Å². The van der Waals surface area contributed by atoms with Crippen molar-refractivity contribution in [1.29, 1.82) is 0 Å². The molecule has 1 aromatic heterocycles. The molecule has 0 saturated carbocycles. The van der Waals surface area contributed by atoms with Gasteiger partial charge in [0, 0.05) is 11.7 Å². The molecule has 1 rings (SSSR count). The maximum atomic E-state index is 5.54. The first-order valence-electron chi connectivity index (χ1n) is 5.47. The van der Waals surface area contributed by atoms with E-state index in [0.29, 0.717) is 6.04 Å². The Morgan fingerprint density at radius 1 is 1.40 bits per heavy atom. The van der Waals surface area contributed by atoms with Crippen LogP contribution in [0.3, 0.4) is 0 Å². The van der Waals surface area contributed by atoms with Crippen LogP contribution in [0.15, 0.2) is 18.3 Å². The van der Waals surface area contributed by atoms with Gasteiger partial charge in [-0.2, -0.15) is 0 Å². The lowest BCUT2D eigenvalue weighted by atomic mass is 10.3.